The fourth-order valence-corrected chi connectivity index (χ4v) is 6.41. The van der Waals surface area contributed by atoms with Gasteiger partial charge >= 0.3 is 0 Å². The summed E-state index contributed by atoms with van der Waals surface area (Å²) in [4.78, 5) is 43.8. The number of nitrogens with two attached hydrogens (primary N) is 1. The van der Waals surface area contributed by atoms with Crippen molar-refractivity contribution in [3.05, 3.63) is 81.0 Å². The molecule has 3 aromatic rings. The summed E-state index contributed by atoms with van der Waals surface area (Å²) in [6.07, 6.45) is 0.147. The summed E-state index contributed by atoms with van der Waals surface area (Å²) in [6.45, 7) is 0.820. The summed E-state index contributed by atoms with van der Waals surface area (Å²) in [5.41, 5.74) is 7.68. The summed E-state index contributed by atoms with van der Waals surface area (Å²) in [6, 6.07) is 8.98. The average molecular weight is 596 g/mol. The molecule has 2 fully saturated rings. The lowest BCUT2D eigenvalue weighted by Gasteiger charge is -2.26. The quantitative estimate of drug-likeness (QED) is 0.284. The number of nitrogen functional groups attached to an aromatic ring is 1. The number of amides is 3. The zero-order chi connectivity index (χ0) is 29.6. The second-order valence-electron chi connectivity index (χ2n) is 10.4. The molecular formula is C29H27F2N5O5S. The molecule has 4 N–H and O–H groups in total. The SMILES string of the molecule is N=C(N)c1csc(CNC(=O)C2CC3(CN2C(=O)CN2Cc4ccc(-c5ccc(F)cc5F)cc4C2=O)OCCO3)c1. The maximum absolute atomic E-state index is 14.4. The third-order valence-corrected chi connectivity index (χ3v) is 8.62. The second kappa shape index (κ2) is 10.9. The number of rotatable bonds is 7. The lowest BCUT2D eigenvalue weighted by molar-refractivity contribution is -0.152. The summed E-state index contributed by atoms with van der Waals surface area (Å²) in [7, 11) is 0. The number of hydrogen-bond acceptors (Lipinski definition) is 7. The molecule has 3 aliphatic rings. The first-order chi connectivity index (χ1) is 20.1. The van der Waals surface area contributed by atoms with Gasteiger partial charge in [0.1, 0.15) is 30.1 Å². The number of carbonyl (C=O) groups is 3. The lowest BCUT2D eigenvalue weighted by atomic mass is 10.00. The lowest BCUT2D eigenvalue weighted by Crippen LogP contribution is -2.49. The van der Waals surface area contributed by atoms with Crippen molar-refractivity contribution in [2.75, 3.05) is 26.3 Å². The van der Waals surface area contributed by atoms with Crippen LogP contribution in [0.25, 0.3) is 11.1 Å². The number of ether oxygens (including phenoxy) is 2. The molecule has 0 radical (unpaired) electrons. The van der Waals surface area contributed by atoms with Crippen LogP contribution in [-0.4, -0.2) is 71.5 Å². The molecule has 1 atom stereocenters. The summed E-state index contributed by atoms with van der Waals surface area (Å²) >= 11 is 1.36. The van der Waals surface area contributed by atoms with Crippen LogP contribution in [0, 0.1) is 17.0 Å². The first-order valence-corrected chi connectivity index (χ1v) is 14.1. The van der Waals surface area contributed by atoms with Crippen LogP contribution in [0.4, 0.5) is 8.78 Å². The van der Waals surface area contributed by atoms with Crippen molar-refractivity contribution in [1.82, 2.24) is 15.1 Å². The number of amidine groups is 1. The van der Waals surface area contributed by atoms with Gasteiger partial charge in [0.15, 0.2) is 5.79 Å². The van der Waals surface area contributed by atoms with Gasteiger partial charge in [-0.1, -0.05) is 12.1 Å². The minimum atomic E-state index is -1.09. The second-order valence-corrected chi connectivity index (χ2v) is 11.4. The molecule has 42 heavy (non-hydrogen) atoms. The predicted octanol–water partition coefficient (Wildman–Crippen LogP) is 2.59. The van der Waals surface area contributed by atoms with Gasteiger partial charge in [-0.25, -0.2) is 8.78 Å². The van der Waals surface area contributed by atoms with Crippen molar-refractivity contribution >= 4 is 34.9 Å². The Bertz CT molecular complexity index is 1600. The van der Waals surface area contributed by atoms with Crippen LogP contribution in [0.15, 0.2) is 47.8 Å². The van der Waals surface area contributed by atoms with Crippen LogP contribution >= 0.6 is 11.3 Å². The van der Waals surface area contributed by atoms with E-state index < -0.39 is 35.3 Å². The number of hydrogen-bond donors (Lipinski definition) is 3. The van der Waals surface area contributed by atoms with Crippen LogP contribution in [0.2, 0.25) is 0 Å². The van der Waals surface area contributed by atoms with Crippen molar-refractivity contribution in [1.29, 1.82) is 5.41 Å². The van der Waals surface area contributed by atoms with E-state index in [-0.39, 0.29) is 49.9 Å². The van der Waals surface area contributed by atoms with Crippen molar-refractivity contribution in [2.45, 2.75) is 31.3 Å². The minimum absolute atomic E-state index is 0.0420. The van der Waals surface area contributed by atoms with Crippen LogP contribution < -0.4 is 11.1 Å². The van der Waals surface area contributed by atoms with Crippen LogP contribution in [0.3, 0.4) is 0 Å². The Morgan fingerprint density at radius 3 is 2.62 bits per heavy atom. The molecule has 3 amide bonds. The Morgan fingerprint density at radius 1 is 1.12 bits per heavy atom. The number of nitrogens with one attached hydrogen (secondary N) is 2. The van der Waals surface area contributed by atoms with Gasteiger partial charge in [-0.3, -0.25) is 19.8 Å². The molecule has 10 nitrogen and oxygen atoms in total. The highest BCUT2D eigenvalue weighted by Gasteiger charge is 2.52. The van der Waals surface area contributed by atoms with Crippen molar-refractivity contribution in [3.63, 3.8) is 0 Å². The molecule has 1 unspecified atom stereocenters. The van der Waals surface area contributed by atoms with Crippen molar-refractivity contribution < 1.29 is 32.6 Å². The molecule has 2 saturated heterocycles. The normalized spacial score (nSPS) is 19.0. The van der Waals surface area contributed by atoms with Crippen LogP contribution in [0.1, 0.15) is 32.8 Å². The Balaban J connectivity index is 1.16. The first kappa shape index (κ1) is 27.9. The highest BCUT2D eigenvalue weighted by Crippen LogP contribution is 2.36. The number of nitrogens with zero attached hydrogens (tertiary/aromatic N) is 2. The van der Waals surface area contributed by atoms with E-state index in [0.717, 1.165) is 17.0 Å². The fraction of sp³-hybridized carbons (Fsp3) is 0.310. The van der Waals surface area contributed by atoms with Gasteiger partial charge in [0.2, 0.25) is 11.8 Å². The molecule has 4 heterocycles. The molecule has 13 heteroatoms. The number of likely N-dealkylation sites (tertiary alicyclic amines) is 1. The minimum Gasteiger partial charge on any atom is -0.384 e. The first-order valence-electron chi connectivity index (χ1n) is 13.3. The number of fused-ring (bicyclic) bond motifs is 1. The van der Waals surface area contributed by atoms with Gasteiger partial charge < -0.3 is 30.3 Å². The summed E-state index contributed by atoms with van der Waals surface area (Å²) in [5.74, 6) is -3.82. The highest BCUT2D eigenvalue weighted by molar-refractivity contribution is 7.10. The smallest absolute Gasteiger partial charge is 0.254 e. The molecule has 1 aromatic heterocycles. The topological polar surface area (TPSA) is 138 Å². The largest absolute Gasteiger partial charge is 0.384 e. The van der Waals surface area contributed by atoms with Gasteiger partial charge in [-0.15, -0.1) is 11.3 Å². The zero-order valence-electron chi connectivity index (χ0n) is 22.3. The molecular weight excluding hydrogens is 568 g/mol. The van der Waals surface area contributed by atoms with Gasteiger partial charge in [0.05, 0.1) is 26.3 Å². The maximum atomic E-state index is 14.4. The van der Waals surface area contributed by atoms with Crippen LogP contribution in [0.5, 0.6) is 0 Å². The third kappa shape index (κ3) is 5.26. The highest BCUT2D eigenvalue weighted by atomic mass is 32.1. The standard InChI is InChI=1S/C29H27F2N5O5S/c30-19-3-4-21(23(31)9-19)16-1-2-17-12-35(28(39)22(17)8-16)13-25(37)36-15-29(40-5-6-41-29)10-24(36)27(38)34-11-20-7-18(14-42-20)26(32)33/h1-4,7-9,14,24H,5-6,10-13,15H2,(H3,32,33)(H,34,38). The third-order valence-electron chi connectivity index (χ3n) is 7.69. The molecule has 0 aliphatic carbocycles. The van der Waals surface area contributed by atoms with E-state index in [2.05, 4.69) is 5.32 Å². The van der Waals surface area contributed by atoms with Gasteiger partial charge in [-0.05, 0) is 35.4 Å². The van der Waals surface area contributed by atoms with E-state index in [4.69, 9.17) is 20.6 Å². The molecule has 2 aromatic carbocycles. The fourth-order valence-electron chi connectivity index (χ4n) is 5.58. The maximum Gasteiger partial charge on any atom is 0.254 e. The van der Waals surface area contributed by atoms with E-state index >= 15 is 0 Å². The van der Waals surface area contributed by atoms with E-state index in [0.29, 0.717) is 35.5 Å². The molecule has 3 aliphatic heterocycles. The summed E-state index contributed by atoms with van der Waals surface area (Å²) in [5, 5.41) is 12.1. The molecule has 0 bridgehead atoms. The number of carbonyl (C=O) groups excluding carboxylic acids is 3. The van der Waals surface area contributed by atoms with Crippen molar-refractivity contribution in [3.8, 4) is 11.1 Å². The van der Waals surface area contributed by atoms with E-state index in [1.807, 2.05) is 0 Å². The van der Waals surface area contributed by atoms with Crippen molar-refractivity contribution in [2.24, 2.45) is 5.73 Å². The van der Waals surface area contributed by atoms with E-state index in [1.165, 1.54) is 27.2 Å². The van der Waals surface area contributed by atoms with Gasteiger partial charge in [-0.2, -0.15) is 0 Å². The Morgan fingerprint density at radius 2 is 1.90 bits per heavy atom. The average Bonchev–Trinajstić information content (AvgIpc) is 3.76. The molecule has 218 valence electrons. The molecule has 0 saturated carbocycles. The molecule has 6 rings (SSSR count). The van der Waals surface area contributed by atoms with Gasteiger partial charge in [0, 0.05) is 46.0 Å². The predicted molar refractivity (Wildman–Crippen MR) is 148 cm³/mol. The monoisotopic (exact) mass is 595 g/mol. The Kier molecular flexibility index (Phi) is 7.25. The summed E-state index contributed by atoms with van der Waals surface area (Å²) < 4.78 is 39.4. The van der Waals surface area contributed by atoms with Crippen LogP contribution in [-0.2, 0) is 32.2 Å². The number of thiophene rings is 1. The molecule has 1 spiro atoms. The number of halogens is 2. The van der Waals surface area contributed by atoms with E-state index in [9.17, 15) is 23.2 Å². The van der Waals surface area contributed by atoms with E-state index in [1.54, 1.807) is 29.6 Å². The number of benzene rings is 2. The zero-order valence-corrected chi connectivity index (χ0v) is 23.1. The Hall–Kier alpha value is -4.20. The Labute approximate surface area is 243 Å². The van der Waals surface area contributed by atoms with Gasteiger partial charge in [0.25, 0.3) is 5.91 Å².